The highest BCUT2D eigenvalue weighted by molar-refractivity contribution is 7.89. The average molecular weight is 381 g/mol. The van der Waals surface area contributed by atoms with Gasteiger partial charge in [0.05, 0.1) is 11.1 Å². The van der Waals surface area contributed by atoms with E-state index in [1.807, 2.05) is 11.9 Å². The maximum Gasteiger partial charge on any atom is 0.312 e. The SMILES string of the molecule is Cc1cc(-c2ccc(S(=O)(=O)N3C[C@@H]4CN(C)C[C@]4(C(=O)O)C3)o2)on1. The number of fused-ring (bicyclic) bond motifs is 1. The van der Waals surface area contributed by atoms with Gasteiger partial charge in [-0.1, -0.05) is 5.16 Å². The fourth-order valence-electron chi connectivity index (χ4n) is 3.95. The zero-order valence-electron chi connectivity index (χ0n) is 14.4. The summed E-state index contributed by atoms with van der Waals surface area (Å²) in [5.74, 6) is -0.602. The number of aryl methyl sites for hydroxylation is 1. The van der Waals surface area contributed by atoms with Crippen LogP contribution in [0.3, 0.4) is 0 Å². The average Bonchev–Trinajstić information content (AvgIpc) is 3.27. The fourth-order valence-corrected chi connectivity index (χ4v) is 5.42. The zero-order valence-corrected chi connectivity index (χ0v) is 15.2. The van der Waals surface area contributed by atoms with E-state index < -0.39 is 21.4 Å². The van der Waals surface area contributed by atoms with Crippen LogP contribution >= 0.6 is 0 Å². The summed E-state index contributed by atoms with van der Waals surface area (Å²) in [5.41, 5.74) is -0.417. The number of rotatable bonds is 4. The number of likely N-dealkylation sites (tertiary alicyclic amines) is 1. The van der Waals surface area contributed by atoms with E-state index in [2.05, 4.69) is 5.16 Å². The zero-order chi connectivity index (χ0) is 18.7. The van der Waals surface area contributed by atoms with Crippen LogP contribution in [0.4, 0.5) is 0 Å². The molecule has 4 rings (SSSR count). The van der Waals surface area contributed by atoms with Crippen LogP contribution < -0.4 is 0 Å². The predicted octanol–water partition coefficient (Wildman–Crippen LogP) is 0.880. The summed E-state index contributed by atoms with van der Waals surface area (Å²) in [4.78, 5) is 13.8. The third-order valence-corrected chi connectivity index (χ3v) is 6.91. The van der Waals surface area contributed by atoms with E-state index in [0.29, 0.717) is 24.5 Å². The molecule has 0 unspecified atom stereocenters. The molecular formula is C16H19N3O6S. The van der Waals surface area contributed by atoms with E-state index in [9.17, 15) is 18.3 Å². The molecule has 2 aliphatic rings. The summed E-state index contributed by atoms with van der Waals surface area (Å²) in [5, 5.41) is 13.2. The van der Waals surface area contributed by atoms with E-state index in [1.54, 1.807) is 13.0 Å². The number of sulfonamides is 1. The van der Waals surface area contributed by atoms with Gasteiger partial charge >= 0.3 is 5.97 Å². The van der Waals surface area contributed by atoms with Crippen LogP contribution in [0, 0.1) is 18.3 Å². The van der Waals surface area contributed by atoms with E-state index in [0.717, 1.165) is 0 Å². The highest BCUT2D eigenvalue weighted by Gasteiger charge is 2.59. The Labute approximate surface area is 150 Å². The van der Waals surface area contributed by atoms with Crippen LogP contribution in [0.1, 0.15) is 5.69 Å². The van der Waals surface area contributed by atoms with Crippen molar-refractivity contribution in [1.82, 2.24) is 14.4 Å². The number of carboxylic acids is 1. The molecule has 0 amide bonds. The van der Waals surface area contributed by atoms with Gasteiger partial charge < -0.3 is 18.9 Å². The lowest BCUT2D eigenvalue weighted by molar-refractivity contribution is -0.148. The Morgan fingerprint density at radius 3 is 2.69 bits per heavy atom. The number of aliphatic carboxylic acids is 1. The third-order valence-electron chi connectivity index (χ3n) is 5.22. The summed E-state index contributed by atoms with van der Waals surface area (Å²) >= 11 is 0. The van der Waals surface area contributed by atoms with Crippen LogP contribution in [-0.2, 0) is 14.8 Å². The van der Waals surface area contributed by atoms with Crippen molar-refractivity contribution in [1.29, 1.82) is 0 Å². The van der Waals surface area contributed by atoms with Crippen molar-refractivity contribution in [2.24, 2.45) is 11.3 Å². The molecule has 140 valence electrons. The van der Waals surface area contributed by atoms with Crippen molar-refractivity contribution in [2.45, 2.75) is 12.0 Å². The maximum absolute atomic E-state index is 12.9. The van der Waals surface area contributed by atoms with E-state index in [-0.39, 0.29) is 29.9 Å². The van der Waals surface area contributed by atoms with Crippen LogP contribution in [0.15, 0.2) is 32.2 Å². The molecule has 2 aromatic rings. The highest BCUT2D eigenvalue weighted by atomic mass is 32.2. The maximum atomic E-state index is 12.9. The normalized spacial score (nSPS) is 27.1. The Balaban J connectivity index is 1.62. The number of hydrogen-bond acceptors (Lipinski definition) is 7. The van der Waals surface area contributed by atoms with Gasteiger partial charge in [0.25, 0.3) is 10.0 Å². The standard InChI is InChI=1S/C16H19N3O6S/c1-10-5-13(25-17-10)12-3-4-14(24-12)26(22,23)19-7-11-6-18(2)8-16(11,9-19)15(20)21/h3-5,11H,6-9H2,1-2H3,(H,20,21)/t11-,16-/m0/s1. The van der Waals surface area contributed by atoms with Gasteiger partial charge in [-0.3, -0.25) is 4.79 Å². The molecule has 0 aromatic carbocycles. The largest absolute Gasteiger partial charge is 0.481 e. The second kappa shape index (κ2) is 5.66. The van der Waals surface area contributed by atoms with Gasteiger partial charge in [0.2, 0.25) is 10.9 Å². The molecule has 26 heavy (non-hydrogen) atoms. The molecule has 10 heteroatoms. The lowest BCUT2D eigenvalue weighted by Crippen LogP contribution is -2.41. The number of aromatic nitrogens is 1. The van der Waals surface area contributed by atoms with E-state index >= 15 is 0 Å². The summed E-state index contributed by atoms with van der Waals surface area (Å²) in [6, 6.07) is 4.51. The monoisotopic (exact) mass is 381 g/mol. The first-order chi connectivity index (χ1) is 12.2. The molecule has 9 nitrogen and oxygen atoms in total. The minimum atomic E-state index is -3.93. The number of hydrogen-bond donors (Lipinski definition) is 1. The lowest BCUT2D eigenvalue weighted by Gasteiger charge is -2.23. The topological polar surface area (TPSA) is 117 Å². The van der Waals surface area contributed by atoms with Crippen molar-refractivity contribution in [2.75, 3.05) is 33.2 Å². The van der Waals surface area contributed by atoms with Gasteiger partial charge in [0.15, 0.2) is 5.76 Å². The van der Waals surface area contributed by atoms with Gasteiger partial charge in [0, 0.05) is 38.2 Å². The van der Waals surface area contributed by atoms with Crippen LogP contribution in [0.5, 0.6) is 0 Å². The Bertz CT molecular complexity index is 964. The molecule has 2 atom stereocenters. The highest BCUT2D eigenvalue weighted by Crippen LogP contribution is 2.44. The molecule has 2 saturated heterocycles. The second-order valence-corrected chi connectivity index (χ2v) is 8.97. The molecule has 0 aliphatic carbocycles. The number of furan rings is 1. The molecule has 2 aliphatic heterocycles. The first kappa shape index (κ1) is 17.3. The summed E-state index contributed by atoms with van der Waals surface area (Å²) in [6.45, 7) is 2.74. The van der Waals surface area contributed by atoms with Gasteiger partial charge in [-0.05, 0) is 26.1 Å². The lowest BCUT2D eigenvalue weighted by atomic mass is 9.81. The fraction of sp³-hybridized carbons (Fsp3) is 0.500. The van der Waals surface area contributed by atoms with Crippen LogP contribution in [-0.4, -0.2) is 67.1 Å². The van der Waals surface area contributed by atoms with Crippen LogP contribution in [0.25, 0.3) is 11.5 Å². The Kier molecular flexibility index (Phi) is 3.76. The predicted molar refractivity (Wildman–Crippen MR) is 88.8 cm³/mol. The second-order valence-electron chi connectivity index (χ2n) is 7.10. The quantitative estimate of drug-likeness (QED) is 0.829. The summed E-state index contributed by atoms with van der Waals surface area (Å²) in [7, 11) is -2.08. The third kappa shape index (κ3) is 2.48. The van der Waals surface area contributed by atoms with E-state index in [1.165, 1.54) is 16.4 Å². The Morgan fingerprint density at radius 1 is 1.31 bits per heavy atom. The van der Waals surface area contributed by atoms with Crippen LogP contribution in [0.2, 0.25) is 0 Å². The van der Waals surface area contributed by atoms with Gasteiger partial charge in [-0.25, -0.2) is 8.42 Å². The van der Waals surface area contributed by atoms with Crippen molar-refractivity contribution >= 4 is 16.0 Å². The molecule has 0 bridgehead atoms. The van der Waals surface area contributed by atoms with Crippen molar-refractivity contribution in [3.05, 3.63) is 23.9 Å². The molecule has 0 spiro atoms. The Hall–Kier alpha value is -2.17. The molecule has 0 radical (unpaired) electrons. The summed E-state index contributed by atoms with van der Waals surface area (Å²) in [6.07, 6.45) is 0. The Morgan fingerprint density at radius 2 is 2.08 bits per heavy atom. The van der Waals surface area contributed by atoms with Gasteiger partial charge in [0.1, 0.15) is 0 Å². The van der Waals surface area contributed by atoms with Crippen molar-refractivity contribution in [3.8, 4) is 11.5 Å². The number of carboxylic acid groups (broad SMARTS) is 1. The number of nitrogens with zero attached hydrogens (tertiary/aromatic N) is 3. The molecule has 4 heterocycles. The first-order valence-corrected chi connectivity index (χ1v) is 9.62. The minimum absolute atomic E-state index is 0.0584. The molecule has 1 N–H and O–H groups in total. The summed E-state index contributed by atoms with van der Waals surface area (Å²) < 4.78 is 37.7. The molecule has 0 saturated carbocycles. The van der Waals surface area contributed by atoms with Gasteiger partial charge in [-0.15, -0.1) is 0 Å². The van der Waals surface area contributed by atoms with Gasteiger partial charge in [-0.2, -0.15) is 4.31 Å². The first-order valence-electron chi connectivity index (χ1n) is 8.18. The van der Waals surface area contributed by atoms with Crippen molar-refractivity contribution < 1.29 is 27.3 Å². The van der Waals surface area contributed by atoms with E-state index in [4.69, 9.17) is 8.94 Å². The molecule has 2 aromatic heterocycles. The molecule has 2 fully saturated rings. The molecular weight excluding hydrogens is 362 g/mol. The number of carbonyl (C=O) groups is 1. The van der Waals surface area contributed by atoms with Crippen molar-refractivity contribution in [3.63, 3.8) is 0 Å². The minimum Gasteiger partial charge on any atom is -0.481 e. The smallest absolute Gasteiger partial charge is 0.312 e.